The van der Waals surface area contributed by atoms with Crippen molar-refractivity contribution in [2.45, 2.75) is 25.4 Å². The van der Waals surface area contributed by atoms with E-state index in [1.54, 1.807) is 24.5 Å². The predicted octanol–water partition coefficient (Wildman–Crippen LogP) is 1.32. The number of carbonyl (C=O) groups excluding carboxylic acids is 3. The fourth-order valence-electron chi connectivity index (χ4n) is 4.21. The van der Waals surface area contributed by atoms with Crippen molar-refractivity contribution in [2.24, 2.45) is 11.8 Å². The van der Waals surface area contributed by atoms with Gasteiger partial charge in [0.25, 0.3) is 0 Å². The first-order valence-corrected chi connectivity index (χ1v) is 10.3. The molecule has 2 aliphatic rings. The first-order chi connectivity index (χ1) is 14.4. The van der Waals surface area contributed by atoms with Gasteiger partial charge in [-0.3, -0.25) is 14.8 Å². The number of amides is 3. The van der Waals surface area contributed by atoms with Gasteiger partial charge in [0, 0.05) is 46.0 Å². The molecule has 2 fully saturated rings. The Hall–Kier alpha value is -2.81. The fourth-order valence-corrected chi connectivity index (χ4v) is 4.21. The van der Waals surface area contributed by atoms with Crippen LogP contribution in [-0.4, -0.2) is 79.3 Å². The minimum atomic E-state index is -0.733. The van der Waals surface area contributed by atoms with Crippen LogP contribution in [0.2, 0.25) is 0 Å². The molecule has 1 saturated carbocycles. The Balaban J connectivity index is 1.61. The second-order valence-electron chi connectivity index (χ2n) is 8.05. The van der Waals surface area contributed by atoms with Gasteiger partial charge in [-0.2, -0.15) is 0 Å². The number of hydrogen-bond acceptors (Lipinski definition) is 6. The fraction of sp³-hybridized carbons (Fsp3) is 0.571. The Kier molecular flexibility index (Phi) is 7.15. The van der Waals surface area contributed by atoms with Crippen molar-refractivity contribution >= 4 is 23.6 Å². The molecule has 1 aliphatic carbocycles. The second kappa shape index (κ2) is 9.80. The third kappa shape index (κ3) is 5.02. The molecular weight excluding hydrogens is 388 g/mol. The number of para-hydroxylation sites is 1. The van der Waals surface area contributed by atoms with E-state index in [4.69, 9.17) is 9.94 Å². The number of benzene rings is 1. The molecule has 1 aliphatic heterocycles. The summed E-state index contributed by atoms with van der Waals surface area (Å²) < 4.78 is 5.41. The molecule has 1 saturated heterocycles. The van der Waals surface area contributed by atoms with Crippen molar-refractivity contribution < 1.29 is 24.3 Å². The Bertz CT molecular complexity index is 749. The Labute approximate surface area is 176 Å². The molecule has 0 aromatic heterocycles. The van der Waals surface area contributed by atoms with Crippen molar-refractivity contribution in [3.05, 3.63) is 30.3 Å². The van der Waals surface area contributed by atoms with Crippen molar-refractivity contribution in [2.75, 3.05) is 45.2 Å². The van der Waals surface area contributed by atoms with Crippen LogP contribution in [0.25, 0.3) is 0 Å². The highest BCUT2D eigenvalue weighted by molar-refractivity contribution is 5.87. The van der Waals surface area contributed by atoms with Crippen LogP contribution in [0.1, 0.15) is 19.3 Å². The lowest BCUT2D eigenvalue weighted by Crippen LogP contribution is -2.53. The number of anilines is 1. The largest absolute Gasteiger partial charge is 0.446 e. The number of nitrogens with zero attached hydrogens (tertiary/aromatic N) is 3. The molecule has 9 heteroatoms. The van der Waals surface area contributed by atoms with Crippen molar-refractivity contribution in [3.63, 3.8) is 0 Å². The van der Waals surface area contributed by atoms with Crippen LogP contribution in [0.15, 0.2) is 30.3 Å². The van der Waals surface area contributed by atoms with Gasteiger partial charge in [-0.05, 0) is 31.4 Å². The van der Waals surface area contributed by atoms with Gasteiger partial charge in [0.2, 0.25) is 11.8 Å². The number of rotatable bonds is 4. The zero-order valence-electron chi connectivity index (χ0n) is 17.5. The van der Waals surface area contributed by atoms with Gasteiger partial charge in [-0.25, -0.2) is 10.3 Å². The normalized spacial score (nSPS) is 24.2. The number of hydrogen-bond donors (Lipinski definition) is 2. The topological polar surface area (TPSA) is 102 Å². The molecule has 2 N–H and O–H groups in total. The van der Waals surface area contributed by atoms with Crippen LogP contribution in [0.5, 0.6) is 0 Å². The lowest BCUT2D eigenvalue weighted by atomic mass is 9.76. The van der Waals surface area contributed by atoms with Gasteiger partial charge in [0.05, 0.1) is 11.8 Å². The lowest BCUT2D eigenvalue weighted by molar-refractivity contribution is -0.149. The van der Waals surface area contributed by atoms with E-state index in [1.807, 2.05) is 18.2 Å². The van der Waals surface area contributed by atoms with E-state index in [0.29, 0.717) is 25.9 Å². The van der Waals surface area contributed by atoms with Crippen LogP contribution >= 0.6 is 0 Å². The van der Waals surface area contributed by atoms with Gasteiger partial charge < -0.3 is 19.4 Å². The average molecular weight is 418 g/mol. The van der Waals surface area contributed by atoms with E-state index in [-0.39, 0.29) is 12.3 Å². The summed E-state index contributed by atoms with van der Waals surface area (Å²) in [5, 5.41) is 9.17. The summed E-state index contributed by atoms with van der Waals surface area (Å²) in [4.78, 5) is 42.7. The Morgan fingerprint density at radius 1 is 1.03 bits per heavy atom. The molecule has 0 radical (unpaired) electrons. The second-order valence-corrected chi connectivity index (χ2v) is 8.05. The SMILES string of the molecule is CN(C)C(=O)OC1CCC(C(=O)N2CCN(c3ccccc3)CC2)C(C(=O)NO)C1. The molecule has 3 atom stereocenters. The molecule has 1 heterocycles. The van der Waals surface area contributed by atoms with Gasteiger partial charge in [0.15, 0.2) is 0 Å². The van der Waals surface area contributed by atoms with Crippen LogP contribution in [-0.2, 0) is 14.3 Å². The monoisotopic (exact) mass is 418 g/mol. The molecule has 3 unspecified atom stereocenters. The standard InChI is InChI=1S/C21H30N4O5/c1-23(2)21(28)30-16-8-9-17(18(14-16)19(26)22-29)20(27)25-12-10-24(11-13-25)15-6-4-3-5-7-15/h3-7,16-18,29H,8-14H2,1-2H3,(H,22,26). The summed E-state index contributed by atoms with van der Waals surface area (Å²) in [5.74, 6) is -1.95. The number of carbonyl (C=O) groups is 3. The highest BCUT2D eigenvalue weighted by Gasteiger charge is 2.42. The molecule has 0 spiro atoms. The summed E-state index contributed by atoms with van der Waals surface area (Å²) >= 11 is 0. The van der Waals surface area contributed by atoms with E-state index >= 15 is 0 Å². The molecule has 0 bridgehead atoms. The molecule has 9 nitrogen and oxygen atoms in total. The highest BCUT2D eigenvalue weighted by Crippen LogP contribution is 2.34. The number of piperazine rings is 1. The predicted molar refractivity (Wildman–Crippen MR) is 110 cm³/mol. The molecular formula is C21H30N4O5. The quantitative estimate of drug-likeness (QED) is 0.565. The summed E-state index contributed by atoms with van der Waals surface area (Å²) in [6, 6.07) is 10.1. The van der Waals surface area contributed by atoms with Crippen LogP contribution in [0.4, 0.5) is 10.5 Å². The Morgan fingerprint density at radius 2 is 1.70 bits per heavy atom. The number of ether oxygens (including phenoxy) is 1. The first-order valence-electron chi connectivity index (χ1n) is 10.3. The number of hydroxylamine groups is 1. The maximum atomic E-state index is 13.2. The van der Waals surface area contributed by atoms with Crippen molar-refractivity contribution in [1.82, 2.24) is 15.3 Å². The van der Waals surface area contributed by atoms with Gasteiger partial charge in [-0.1, -0.05) is 18.2 Å². The summed E-state index contributed by atoms with van der Waals surface area (Å²) in [5.41, 5.74) is 2.81. The van der Waals surface area contributed by atoms with Crippen LogP contribution < -0.4 is 10.4 Å². The molecule has 3 amide bonds. The highest BCUT2D eigenvalue weighted by atomic mass is 16.6. The zero-order chi connectivity index (χ0) is 21.7. The summed E-state index contributed by atoms with van der Waals surface area (Å²) in [6.45, 7) is 2.61. The molecule has 164 valence electrons. The maximum absolute atomic E-state index is 13.2. The Morgan fingerprint density at radius 3 is 2.30 bits per heavy atom. The average Bonchev–Trinajstić information content (AvgIpc) is 2.78. The van der Waals surface area contributed by atoms with Crippen molar-refractivity contribution in [1.29, 1.82) is 0 Å². The van der Waals surface area contributed by atoms with Crippen LogP contribution in [0.3, 0.4) is 0 Å². The summed E-state index contributed by atoms with van der Waals surface area (Å²) in [6.07, 6.45) is 0.217. The minimum absolute atomic E-state index is 0.0753. The van der Waals surface area contributed by atoms with Gasteiger partial charge >= 0.3 is 6.09 Å². The maximum Gasteiger partial charge on any atom is 0.409 e. The van der Waals surface area contributed by atoms with E-state index in [0.717, 1.165) is 18.8 Å². The van der Waals surface area contributed by atoms with Gasteiger partial charge in [-0.15, -0.1) is 0 Å². The van der Waals surface area contributed by atoms with Crippen molar-refractivity contribution in [3.8, 4) is 0 Å². The molecule has 30 heavy (non-hydrogen) atoms. The summed E-state index contributed by atoms with van der Waals surface area (Å²) in [7, 11) is 3.18. The third-order valence-electron chi connectivity index (χ3n) is 5.91. The molecule has 1 aromatic rings. The number of nitrogens with one attached hydrogen (secondary N) is 1. The molecule has 1 aromatic carbocycles. The lowest BCUT2D eigenvalue weighted by Gasteiger charge is -2.40. The zero-order valence-corrected chi connectivity index (χ0v) is 17.5. The first kappa shape index (κ1) is 21.9. The minimum Gasteiger partial charge on any atom is -0.446 e. The van der Waals surface area contributed by atoms with E-state index in [2.05, 4.69) is 17.0 Å². The smallest absolute Gasteiger partial charge is 0.409 e. The van der Waals surface area contributed by atoms with E-state index in [9.17, 15) is 14.4 Å². The molecule has 3 rings (SSSR count). The third-order valence-corrected chi connectivity index (χ3v) is 5.91. The van der Waals surface area contributed by atoms with E-state index < -0.39 is 29.9 Å². The van der Waals surface area contributed by atoms with Crippen LogP contribution in [0, 0.1) is 11.8 Å². The van der Waals surface area contributed by atoms with Gasteiger partial charge in [0.1, 0.15) is 6.10 Å². The van der Waals surface area contributed by atoms with E-state index in [1.165, 1.54) is 4.90 Å².